The molecule has 1 heterocycles. The number of nitrogens with zero attached hydrogens (tertiary/aromatic N) is 1. The number of imidazole rings is 1. The Labute approximate surface area is 90.2 Å². The van der Waals surface area contributed by atoms with Crippen LogP contribution in [-0.2, 0) is 16.3 Å². The molecule has 0 radical (unpaired) electrons. The van der Waals surface area contributed by atoms with Crippen molar-refractivity contribution in [2.24, 2.45) is 0 Å². The van der Waals surface area contributed by atoms with Gasteiger partial charge in [0.25, 0.3) is 0 Å². The summed E-state index contributed by atoms with van der Waals surface area (Å²) in [5.74, 6) is 0.950. The molecule has 0 aliphatic rings. The zero-order chi connectivity index (χ0) is 11.3. The monoisotopic (exact) mass is 231 g/mol. The van der Waals surface area contributed by atoms with Crippen molar-refractivity contribution in [2.45, 2.75) is 19.4 Å². The van der Waals surface area contributed by atoms with Crippen LogP contribution < -0.4 is 5.32 Å². The lowest BCUT2D eigenvalue weighted by atomic mass is 10.2. The van der Waals surface area contributed by atoms with Crippen molar-refractivity contribution in [3.05, 3.63) is 18.2 Å². The quantitative estimate of drug-likeness (QED) is 0.721. The molecule has 1 aromatic rings. The normalized spacial score (nSPS) is 14.0. The minimum atomic E-state index is -2.95. The highest BCUT2D eigenvalue weighted by atomic mass is 32.2. The molecule has 0 saturated heterocycles. The number of sulfone groups is 1. The van der Waals surface area contributed by atoms with Crippen molar-refractivity contribution in [1.29, 1.82) is 0 Å². The first-order valence-electron chi connectivity index (χ1n) is 4.90. The number of nitrogens with one attached hydrogen (secondary N) is 2. The zero-order valence-corrected chi connectivity index (χ0v) is 9.84. The van der Waals surface area contributed by atoms with Crippen LogP contribution in [0.2, 0.25) is 0 Å². The number of rotatable bonds is 6. The number of hydrogen-bond donors (Lipinski definition) is 2. The van der Waals surface area contributed by atoms with Crippen LogP contribution >= 0.6 is 0 Å². The third kappa shape index (κ3) is 4.94. The van der Waals surface area contributed by atoms with Crippen LogP contribution in [0.25, 0.3) is 0 Å². The third-order valence-electron chi connectivity index (χ3n) is 1.99. The second-order valence-electron chi connectivity index (χ2n) is 3.59. The number of likely N-dealkylation sites (N-methyl/N-ethyl adjacent to an activating group) is 1. The molecule has 0 saturated carbocycles. The fraction of sp³-hybridized carbons (Fsp3) is 0.667. The highest BCUT2D eigenvalue weighted by Gasteiger charge is 2.15. The largest absolute Gasteiger partial charge is 0.349 e. The minimum absolute atomic E-state index is 0.0730. The summed E-state index contributed by atoms with van der Waals surface area (Å²) >= 11 is 0. The van der Waals surface area contributed by atoms with E-state index < -0.39 is 9.84 Å². The molecule has 1 atom stereocenters. The van der Waals surface area contributed by atoms with Gasteiger partial charge in [-0.25, -0.2) is 13.4 Å². The standard InChI is InChI=1S/C9H17N3O2S/c1-3-10-8(7-15(2,13)14)6-9-11-4-5-12-9/h4-5,8,10H,3,6-7H2,1-2H3,(H,11,12). The van der Waals surface area contributed by atoms with Crippen LogP contribution in [0.1, 0.15) is 12.7 Å². The molecule has 0 aliphatic carbocycles. The third-order valence-corrected chi connectivity index (χ3v) is 3.00. The average molecular weight is 231 g/mol. The maximum Gasteiger partial charge on any atom is 0.148 e. The summed E-state index contributed by atoms with van der Waals surface area (Å²) in [5, 5.41) is 3.14. The minimum Gasteiger partial charge on any atom is -0.349 e. The van der Waals surface area contributed by atoms with Gasteiger partial charge in [0.15, 0.2) is 0 Å². The lowest BCUT2D eigenvalue weighted by Crippen LogP contribution is -2.37. The van der Waals surface area contributed by atoms with Crippen LogP contribution in [-0.4, -0.2) is 43.0 Å². The number of aromatic amines is 1. The van der Waals surface area contributed by atoms with Gasteiger partial charge in [0.2, 0.25) is 0 Å². The predicted octanol–water partition coefficient (Wildman–Crippen LogP) is -0.0251. The summed E-state index contributed by atoms with van der Waals surface area (Å²) in [6, 6.07) is -0.0730. The molecular weight excluding hydrogens is 214 g/mol. The molecule has 0 aromatic carbocycles. The molecule has 0 amide bonds. The summed E-state index contributed by atoms with van der Waals surface area (Å²) in [4.78, 5) is 7.04. The van der Waals surface area contributed by atoms with Crippen molar-refractivity contribution in [3.8, 4) is 0 Å². The molecule has 1 rings (SSSR count). The topological polar surface area (TPSA) is 74.8 Å². The Morgan fingerprint density at radius 1 is 1.60 bits per heavy atom. The molecule has 5 nitrogen and oxygen atoms in total. The highest BCUT2D eigenvalue weighted by molar-refractivity contribution is 7.90. The van der Waals surface area contributed by atoms with Gasteiger partial charge in [0, 0.05) is 31.1 Å². The van der Waals surface area contributed by atoms with E-state index in [4.69, 9.17) is 0 Å². The first kappa shape index (κ1) is 12.2. The average Bonchev–Trinajstić information content (AvgIpc) is 2.54. The van der Waals surface area contributed by atoms with Crippen LogP contribution in [0.15, 0.2) is 12.4 Å². The van der Waals surface area contributed by atoms with Gasteiger partial charge in [0.1, 0.15) is 15.7 Å². The van der Waals surface area contributed by atoms with Crippen molar-refractivity contribution in [1.82, 2.24) is 15.3 Å². The molecule has 6 heteroatoms. The fourth-order valence-electron chi connectivity index (χ4n) is 1.49. The van der Waals surface area contributed by atoms with E-state index in [-0.39, 0.29) is 11.8 Å². The SMILES string of the molecule is CCNC(Cc1ncc[nH]1)CS(C)(=O)=O. The summed E-state index contributed by atoms with van der Waals surface area (Å²) < 4.78 is 22.3. The second-order valence-corrected chi connectivity index (χ2v) is 5.77. The molecule has 0 spiro atoms. The molecule has 1 unspecified atom stereocenters. The number of H-pyrrole nitrogens is 1. The van der Waals surface area contributed by atoms with E-state index >= 15 is 0 Å². The Bertz CT molecular complexity index is 372. The second kappa shape index (κ2) is 5.27. The molecule has 0 bridgehead atoms. The predicted molar refractivity (Wildman–Crippen MR) is 59.5 cm³/mol. The van der Waals surface area contributed by atoms with Crippen molar-refractivity contribution in [3.63, 3.8) is 0 Å². The van der Waals surface area contributed by atoms with Gasteiger partial charge >= 0.3 is 0 Å². The van der Waals surface area contributed by atoms with E-state index in [0.29, 0.717) is 6.42 Å². The Kier molecular flexibility index (Phi) is 4.28. The van der Waals surface area contributed by atoms with Gasteiger partial charge in [-0.15, -0.1) is 0 Å². The van der Waals surface area contributed by atoms with E-state index in [1.54, 1.807) is 12.4 Å². The van der Waals surface area contributed by atoms with Crippen LogP contribution in [0, 0.1) is 0 Å². The van der Waals surface area contributed by atoms with Crippen molar-refractivity contribution >= 4 is 9.84 Å². The molecule has 0 aliphatic heterocycles. The first-order valence-corrected chi connectivity index (χ1v) is 6.96. The first-order chi connectivity index (χ1) is 7.01. The molecular formula is C9H17N3O2S. The summed E-state index contributed by atoms with van der Waals surface area (Å²) in [6.45, 7) is 2.71. The van der Waals surface area contributed by atoms with E-state index in [1.807, 2.05) is 6.92 Å². The van der Waals surface area contributed by atoms with Gasteiger partial charge in [0.05, 0.1) is 5.75 Å². The molecule has 15 heavy (non-hydrogen) atoms. The van der Waals surface area contributed by atoms with Crippen LogP contribution in [0.3, 0.4) is 0 Å². The molecule has 1 aromatic heterocycles. The molecule has 0 fully saturated rings. The maximum atomic E-state index is 11.2. The lowest BCUT2D eigenvalue weighted by Gasteiger charge is -2.15. The molecule has 2 N–H and O–H groups in total. The summed E-state index contributed by atoms with van der Waals surface area (Å²) in [7, 11) is -2.95. The van der Waals surface area contributed by atoms with E-state index in [1.165, 1.54) is 6.26 Å². The van der Waals surface area contributed by atoms with Gasteiger partial charge in [-0.3, -0.25) is 0 Å². The Morgan fingerprint density at radius 3 is 2.80 bits per heavy atom. The summed E-state index contributed by atoms with van der Waals surface area (Å²) in [5.41, 5.74) is 0. The summed E-state index contributed by atoms with van der Waals surface area (Å²) in [6.07, 6.45) is 5.25. The lowest BCUT2D eigenvalue weighted by molar-refractivity contribution is 0.538. The Balaban J connectivity index is 2.58. The van der Waals surface area contributed by atoms with E-state index in [2.05, 4.69) is 15.3 Å². The number of aromatic nitrogens is 2. The zero-order valence-electron chi connectivity index (χ0n) is 9.03. The number of hydrogen-bond acceptors (Lipinski definition) is 4. The van der Waals surface area contributed by atoms with E-state index in [0.717, 1.165) is 12.4 Å². The van der Waals surface area contributed by atoms with Crippen LogP contribution in [0.5, 0.6) is 0 Å². The van der Waals surface area contributed by atoms with Gasteiger partial charge in [-0.1, -0.05) is 6.92 Å². The van der Waals surface area contributed by atoms with Gasteiger partial charge in [-0.05, 0) is 6.54 Å². The Hall–Kier alpha value is -0.880. The van der Waals surface area contributed by atoms with Gasteiger partial charge < -0.3 is 10.3 Å². The highest BCUT2D eigenvalue weighted by Crippen LogP contribution is 1.99. The maximum absolute atomic E-state index is 11.2. The smallest absolute Gasteiger partial charge is 0.148 e. The molecule has 86 valence electrons. The van der Waals surface area contributed by atoms with E-state index in [9.17, 15) is 8.42 Å². The van der Waals surface area contributed by atoms with Crippen molar-refractivity contribution < 1.29 is 8.42 Å². The van der Waals surface area contributed by atoms with Gasteiger partial charge in [-0.2, -0.15) is 0 Å². The fourth-order valence-corrected chi connectivity index (χ4v) is 2.45. The van der Waals surface area contributed by atoms with Crippen LogP contribution in [0.4, 0.5) is 0 Å². The Morgan fingerprint density at radius 2 is 2.33 bits per heavy atom. The van der Waals surface area contributed by atoms with Crippen molar-refractivity contribution in [2.75, 3.05) is 18.6 Å².